The Balaban J connectivity index is 1.54. The largest absolute Gasteiger partial charge is 0.497 e. The highest BCUT2D eigenvalue weighted by Gasteiger charge is 2.35. The van der Waals surface area contributed by atoms with Crippen molar-refractivity contribution in [1.82, 2.24) is 4.90 Å². The van der Waals surface area contributed by atoms with Crippen LogP contribution in [0.2, 0.25) is 0 Å². The van der Waals surface area contributed by atoms with Crippen LogP contribution in [0.25, 0.3) is 0 Å². The quantitative estimate of drug-likeness (QED) is 0.517. The molecule has 3 amide bonds. The van der Waals surface area contributed by atoms with E-state index in [1.165, 1.54) is 31.4 Å². The number of benzene rings is 3. The smallest absolute Gasteiger partial charge is 0.321 e. The molecular weight excluding hydrogens is 449 g/mol. The van der Waals surface area contributed by atoms with Crippen molar-refractivity contribution in [3.63, 3.8) is 0 Å². The van der Waals surface area contributed by atoms with Crippen molar-refractivity contribution in [3.8, 4) is 11.5 Å². The zero-order chi connectivity index (χ0) is 24.8. The molecule has 0 bridgehead atoms. The topological polar surface area (TPSA) is 79.9 Å². The van der Waals surface area contributed by atoms with Crippen LogP contribution in [-0.4, -0.2) is 44.1 Å². The third kappa shape index (κ3) is 5.90. The van der Waals surface area contributed by atoms with Crippen LogP contribution in [-0.2, 0) is 4.79 Å². The Hall–Kier alpha value is -4.07. The number of hydrogen-bond donors (Lipinski definition) is 2. The van der Waals surface area contributed by atoms with Crippen molar-refractivity contribution in [2.75, 3.05) is 37.9 Å². The monoisotopic (exact) mass is 477 g/mol. The van der Waals surface area contributed by atoms with E-state index >= 15 is 0 Å². The van der Waals surface area contributed by atoms with Gasteiger partial charge in [0.15, 0.2) is 0 Å². The Kier molecular flexibility index (Phi) is 7.50. The van der Waals surface area contributed by atoms with Gasteiger partial charge in [0.2, 0.25) is 5.91 Å². The molecule has 0 radical (unpaired) electrons. The fourth-order valence-electron chi connectivity index (χ4n) is 4.29. The first-order chi connectivity index (χ1) is 17.0. The first-order valence-electron chi connectivity index (χ1n) is 11.4. The summed E-state index contributed by atoms with van der Waals surface area (Å²) >= 11 is 0. The number of methoxy groups -OCH3 is 2. The second-order valence-corrected chi connectivity index (χ2v) is 8.44. The van der Waals surface area contributed by atoms with Gasteiger partial charge in [0.25, 0.3) is 0 Å². The maximum Gasteiger partial charge on any atom is 0.321 e. The summed E-state index contributed by atoms with van der Waals surface area (Å²) in [6.45, 7) is 0.716. The number of ether oxygens (including phenoxy) is 2. The highest BCUT2D eigenvalue weighted by Crippen LogP contribution is 2.33. The van der Waals surface area contributed by atoms with Crippen LogP contribution in [0.4, 0.5) is 20.6 Å². The highest BCUT2D eigenvalue weighted by molar-refractivity contribution is 5.95. The summed E-state index contributed by atoms with van der Waals surface area (Å²) in [6, 6.07) is 20.3. The lowest BCUT2D eigenvalue weighted by molar-refractivity contribution is -0.121. The second-order valence-electron chi connectivity index (χ2n) is 8.44. The summed E-state index contributed by atoms with van der Waals surface area (Å²) in [5.74, 6) is 0.0611. The molecule has 8 heteroatoms. The van der Waals surface area contributed by atoms with Crippen LogP contribution in [0.5, 0.6) is 11.5 Å². The van der Waals surface area contributed by atoms with Crippen LogP contribution in [0.3, 0.4) is 0 Å². The van der Waals surface area contributed by atoms with Crippen LogP contribution in [0.1, 0.15) is 17.9 Å². The Morgan fingerprint density at radius 2 is 1.66 bits per heavy atom. The fraction of sp³-hybridized carbons (Fsp3) is 0.259. The maximum atomic E-state index is 13.3. The van der Waals surface area contributed by atoms with Gasteiger partial charge in [-0.1, -0.05) is 30.3 Å². The molecule has 1 heterocycles. The van der Waals surface area contributed by atoms with E-state index in [-0.39, 0.29) is 30.2 Å². The van der Waals surface area contributed by atoms with Crippen molar-refractivity contribution in [2.45, 2.75) is 12.3 Å². The van der Waals surface area contributed by atoms with Gasteiger partial charge in [-0.3, -0.25) is 4.79 Å². The van der Waals surface area contributed by atoms with E-state index in [2.05, 4.69) is 10.6 Å². The first kappa shape index (κ1) is 24.1. The maximum absolute atomic E-state index is 13.3. The van der Waals surface area contributed by atoms with E-state index in [0.29, 0.717) is 35.8 Å². The molecule has 2 atom stereocenters. The Morgan fingerprint density at radius 1 is 0.914 bits per heavy atom. The third-order valence-corrected chi connectivity index (χ3v) is 6.14. The number of piperidine rings is 1. The Labute approximate surface area is 203 Å². The minimum atomic E-state index is -0.445. The van der Waals surface area contributed by atoms with Gasteiger partial charge in [-0.2, -0.15) is 0 Å². The summed E-state index contributed by atoms with van der Waals surface area (Å²) < 4.78 is 23.9. The third-order valence-electron chi connectivity index (χ3n) is 6.14. The molecule has 1 aliphatic heterocycles. The minimum Gasteiger partial charge on any atom is -0.497 e. The lowest BCUT2D eigenvalue weighted by Gasteiger charge is -2.37. The number of anilines is 2. The number of hydrogen-bond acceptors (Lipinski definition) is 4. The number of carbonyl (C=O) groups is 2. The molecule has 35 heavy (non-hydrogen) atoms. The van der Waals surface area contributed by atoms with Gasteiger partial charge in [-0.15, -0.1) is 0 Å². The summed E-state index contributed by atoms with van der Waals surface area (Å²) in [4.78, 5) is 28.1. The van der Waals surface area contributed by atoms with E-state index in [1.807, 2.05) is 30.3 Å². The predicted molar refractivity (Wildman–Crippen MR) is 132 cm³/mol. The molecule has 1 saturated heterocycles. The van der Waals surface area contributed by atoms with Gasteiger partial charge in [-0.05, 0) is 48.4 Å². The molecule has 7 nitrogen and oxygen atoms in total. The highest BCUT2D eigenvalue weighted by atomic mass is 19.1. The van der Waals surface area contributed by atoms with E-state index in [4.69, 9.17) is 9.47 Å². The Bertz CT molecular complexity index is 1170. The number of urea groups is 1. The van der Waals surface area contributed by atoms with E-state index < -0.39 is 5.92 Å². The summed E-state index contributed by atoms with van der Waals surface area (Å²) in [6.07, 6.45) is 0.592. The SMILES string of the molecule is COc1ccc(NC(=O)[C@H]2C[C@@H](c3ccccc3)CN(C(=O)Nc3ccc(F)cc3)C2)c(OC)c1. The molecule has 3 aromatic carbocycles. The molecule has 0 saturated carbocycles. The standard InChI is InChI=1S/C27H28FN3O4/c1-34-23-12-13-24(25(15-23)35-2)30-26(32)20-14-19(18-6-4-3-5-7-18)16-31(17-20)27(33)29-22-10-8-21(28)9-11-22/h3-13,15,19-20H,14,16-17H2,1-2H3,(H,29,33)(H,30,32)/t19-,20+/m1/s1. The average Bonchev–Trinajstić information content (AvgIpc) is 2.90. The number of carbonyl (C=O) groups excluding carboxylic acids is 2. The molecular formula is C27H28FN3O4. The van der Waals surface area contributed by atoms with Crippen LogP contribution in [0.15, 0.2) is 72.8 Å². The van der Waals surface area contributed by atoms with Crippen LogP contribution >= 0.6 is 0 Å². The second kappa shape index (κ2) is 10.9. The number of nitrogens with one attached hydrogen (secondary N) is 2. The molecule has 3 aromatic rings. The van der Waals surface area contributed by atoms with Gasteiger partial charge in [0.05, 0.1) is 25.8 Å². The number of likely N-dealkylation sites (tertiary alicyclic amines) is 1. The van der Waals surface area contributed by atoms with Crippen molar-refractivity contribution in [2.24, 2.45) is 5.92 Å². The molecule has 0 unspecified atom stereocenters. The van der Waals surface area contributed by atoms with Crippen molar-refractivity contribution >= 4 is 23.3 Å². The average molecular weight is 478 g/mol. The van der Waals surface area contributed by atoms with Gasteiger partial charge >= 0.3 is 6.03 Å². The van der Waals surface area contributed by atoms with E-state index in [1.54, 1.807) is 30.2 Å². The van der Waals surface area contributed by atoms with Gasteiger partial charge in [0, 0.05) is 30.8 Å². The van der Waals surface area contributed by atoms with E-state index in [9.17, 15) is 14.0 Å². The summed E-state index contributed by atoms with van der Waals surface area (Å²) in [5, 5.41) is 5.76. The lowest BCUT2D eigenvalue weighted by Crippen LogP contribution is -2.48. The zero-order valence-electron chi connectivity index (χ0n) is 19.7. The number of nitrogens with zero attached hydrogens (tertiary/aromatic N) is 1. The summed E-state index contributed by atoms with van der Waals surface area (Å²) in [5.41, 5.74) is 2.08. The number of halogens is 1. The fourth-order valence-corrected chi connectivity index (χ4v) is 4.29. The normalized spacial score (nSPS) is 17.4. The van der Waals surface area contributed by atoms with Crippen molar-refractivity contribution < 1.29 is 23.5 Å². The van der Waals surface area contributed by atoms with Crippen molar-refractivity contribution in [3.05, 3.63) is 84.2 Å². The molecule has 0 aromatic heterocycles. The molecule has 4 rings (SSSR count). The molecule has 182 valence electrons. The van der Waals surface area contributed by atoms with Crippen LogP contribution < -0.4 is 20.1 Å². The predicted octanol–water partition coefficient (Wildman–Crippen LogP) is 5.12. The zero-order valence-corrected chi connectivity index (χ0v) is 19.7. The lowest BCUT2D eigenvalue weighted by atomic mass is 9.84. The number of amides is 3. The van der Waals surface area contributed by atoms with Crippen LogP contribution in [0, 0.1) is 11.7 Å². The molecule has 1 aliphatic rings. The number of rotatable bonds is 6. The van der Waals surface area contributed by atoms with Gasteiger partial charge in [0.1, 0.15) is 17.3 Å². The Morgan fingerprint density at radius 3 is 2.34 bits per heavy atom. The minimum absolute atomic E-state index is 0.0163. The molecule has 2 N–H and O–H groups in total. The molecule has 0 spiro atoms. The molecule has 0 aliphatic carbocycles. The summed E-state index contributed by atoms with van der Waals surface area (Å²) in [7, 11) is 3.09. The molecule has 1 fully saturated rings. The van der Waals surface area contributed by atoms with Gasteiger partial charge in [-0.25, -0.2) is 9.18 Å². The van der Waals surface area contributed by atoms with E-state index in [0.717, 1.165) is 5.56 Å². The van der Waals surface area contributed by atoms with Crippen molar-refractivity contribution in [1.29, 1.82) is 0 Å². The van der Waals surface area contributed by atoms with Gasteiger partial charge < -0.3 is 25.0 Å². The first-order valence-corrected chi connectivity index (χ1v) is 11.4.